The van der Waals surface area contributed by atoms with Crippen LogP contribution in [0, 0.1) is 29.6 Å². The second kappa shape index (κ2) is 10.7. The first-order valence-electron chi connectivity index (χ1n) is 15.1. The summed E-state index contributed by atoms with van der Waals surface area (Å²) in [7, 11) is 3.57. The molecular weight excluding hydrogens is 553 g/mol. The minimum absolute atomic E-state index is 0.144. The molecule has 4 N–H and O–H groups in total. The van der Waals surface area contributed by atoms with E-state index in [1.807, 2.05) is 46.8 Å². The van der Waals surface area contributed by atoms with Crippen molar-refractivity contribution in [2.75, 3.05) is 20.7 Å². The van der Waals surface area contributed by atoms with Crippen LogP contribution in [0.25, 0.3) is 0 Å². The smallest absolute Gasteiger partial charge is 0.164 e. The number of hydrogen-bond donors (Lipinski definition) is 4. The number of allylic oxidation sites excluding steroid dienone is 4. The van der Waals surface area contributed by atoms with Crippen molar-refractivity contribution in [3.8, 4) is 5.75 Å². The molecule has 6 rings (SSSR count). The molecule has 0 aromatic heterocycles. The van der Waals surface area contributed by atoms with Gasteiger partial charge in [-0.1, -0.05) is 41.4 Å². The molecule has 0 radical (unpaired) electrons. The van der Waals surface area contributed by atoms with E-state index in [0.29, 0.717) is 36.4 Å². The number of aliphatic hydroxyl groups is 2. The van der Waals surface area contributed by atoms with Gasteiger partial charge in [-0.2, -0.15) is 5.10 Å². The Morgan fingerprint density at radius 1 is 1.12 bits per heavy atom. The zero-order valence-corrected chi connectivity index (χ0v) is 26.2. The number of aliphatic hydroxyl groups excluding tert-OH is 2. The fraction of sp³-hybridized carbons (Fsp3) is 0.636. The lowest BCUT2D eigenvalue weighted by molar-refractivity contribution is -0.236. The number of oxime groups is 1. The molecule has 0 spiro atoms. The van der Waals surface area contributed by atoms with E-state index < -0.39 is 46.0 Å². The Labute approximate surface area is 253 Å². The van der Waals surface area contributed by atoms with Crippen molar-refractivity contribution in [3.63, 3.8) is 0 Å². The van der Waals surface area contributed by atoms with Gasteiger partial charge in [0.2, 0.25) is 0 Å². The highest BCUT2D eigenvalue weighted by molar-refractivity contribution is 6.05. The van der Waals surface area contributed by atoms with Gasteiger partial charge in [-0.25, -0.2) is 4.39 Å². The van der Waals surface area contributed by atoms with Crippen LogP contribution in [0.4, 0.5) is 4.39 Å². The summed E-state index contributed by atoms with van der Waals surface area (Å²) in [5.41, 5.74) is -1.88. The Hall–Kier alpha value is -2.79. The van der Waals surface area contributed by atoms with Crippen molar-refractivity contribution in [1.82, 2.24) is 5.01 Å². The van der Waals surface area contributed by atoms with Gasteiger partial charge in [-0.15, -0.1) is 0 Å². The first-order chi connectivity index (χ1) is 20.1. The molecule has 1 heterocycles. The van der Waals surface area contributed by atoms with Crippen LogP contribution in [0.15, 0.2) is 58.3 Å². The number of halogens is 1. The minimum atomic E-state index is -1.91. The maximum atomic E-state index is 17.5. The molecule has 1 aromatic carbocycles. The minimum Gasteiger partial charge on any atom is -0.508 e. The number of aromatic hydroxyl groups is 1. The van der Waals surface area contributed by atoms with E-state index in [0.717, 1.165) is 5.57 Å². The molecule has 1 aliphatic heterocycles. The van der Waals surface area contributed by atoms with Crippen LogP contribution < -0.4 is 0 Å². The van der Waals surface area contributed by atoms with E-state index in [1.165, 1.54) is 5.56 Å². The molecule has 5 aliphatic rings. The predicted octanol–water partition coefficient (Wildman–Crippen LogP) is 4.73. The summed E-state index contributed by atoms with van der Waals surface area (Å²) in [5.74, 6) is -1.18. The lowest BCUT2D eigenvalue weighted by atomic mass is 9.44. The van der Waals surface area contributed by atoms with Crippen LogP contribution in [0.2, 0.25) is 0 Å². The number of phenolic OH excluding ortho intramolecular Hbond substituents is 1. The summed E-state index contributed by atoms with van der Waals surface area (Å²) < 4.78 is 30.6. The second-order valence-corrected chi connectivity index (χ2v) is 13.9. The normalized spacial score (nSPS) is 41.8. The lowest BCUT2D eigenvalue weighted by Gasteiger charge is -2.63. The van der Waals surface area contributed by atoms with Crippen molar-refractivity contribution < 1.29 is 34.4 Å². The molecule has 4 aliphatic carbocycles. The van der Waals surface area contributed by atoms with Crippen molar-refractivity contribution in [1.29, 1.82) is 0 Å². The summed E-state index contributed by atoms with van der Waals surface area (Å²) in [5, 5.41) is 49.7. The third-order valence-corrected chi connectivity index (χ3v) is 10.7. The Kier molecular flexibility index (Phi) is 7.86. The second-order valence-electron chi connectivity index (χ2n) is 13.9. The van der Waals surface area contributed by atoms with Crippen LogP contribution in [0.5, 0.6) is 5.75 Å². The number of ether oxygens (including phenoxy) is 2. The molecular formula is C33H46FN3O6. The van der Waals surface area contributed by atoms with Crippen LogP contribution in [0.3, 0.4) is 0 Å². The number of benzene rings is 1. The van der Waals surface area contributed by atoms with Crippen molar-refractivity contribution >= 4 is 11.4 Å². The zero-order chi connectivity index (χ0) is 31.6. The van der Waals surface area contributed by atoms with Crippen LogP contribution in [0.1, 0.15) is 58.9 Å². The van der Waals surface area contributed by atoms with Crippen molar-refractivity contribution in [2.24, 2.45) is 32.9 Å². The van der Waals surface area contributed by atoms with Crippen LogP contribution in [-0.4, -0.2) is 86.9 Å². The average Bonchev–Trinajstić information content (AvgIpc) is 3.35. The molecule has 236 valence electrons. The van der Waals surface area contributed by atoms with Gasteiger partial charge < -0.3 is 35.0 Å². The molecule has 3 saturated carbocycles. The van der Waals surface area contributed by atoms with Gasteiger partial charge in [0, 0.05) is 30.8 Å². The largest absolute Gasteiger partial charge is 0.508 e. The topological polar surface area (TPSA) is 127 Å². The van der Waals surface area contributed by atoms with Gasteiger partial charge in [0.1, 0.15) is 17.1 Å². The quantitative estimate of drug-likeness (QED) is 0.225. The van der Waals surface area contributed by atoms with Gasteiger partial charge in [-0.3, -0.25) is 0 Å². The predicted molar refractivity (Wildman–Crippen MR) is 162 cm³/mol. The molecule has 0 unspecified atom stereocenters. The van der Waals surface area contributed by atoms with Crippen molar-refractivity contribution in [2.45, 2.75) is 89.6 Å². The molecule has 0 amide bonds. The number of hydrazone groups is 1. The molecule has 10 heteroatoms. The lowest BCUT2D eigenvalue weighted by Crippen LogP contribution is -2.70. The summed E-state index contributed by atoms with van der Waals surface area (Å²) in [4.78, 5) is 0. The Bertz CT molecular complexity index is 1340. The first-order valence-corrected chi connectivity index (χ1v) is 15.1. The third-order valence-electron chi connectivity index (χ3n) is 10.7. The van der Waals surface area contributed by atoms with E-state index in [-0.39, 0.29) is 18.9 Å². The summed E-state index contributed by atoms with van der Waals surface area (Å²) in [6, 6.07) is 7.09. The van der Waals surface area contributed by atoms with E-state index in [4.69, 9.17) is 14.6 Å². The fourth-order valence-corrected chi connectivity index (χ4v) is 8.91. The van der Waals surface area contributed by atoms with Crippen LogP contribution in [-0.2, 0) is 9.47 Å². The highest BCUT2D eigenvalue weighted by Gasteiger charge is 2.79. The van der Waals surface area contributed by atoms with E-state index in [9.17, 15) is 15.4 Å². The fourth-order valence-electron chi connectivity index (χ4n) is 8.91. The number of aryl methyl sites for hydroxylation is 1. The molecule has 8 atom stereocenters. The standard InChI is InChI=1S/C26H38FN3O5.C7H8O/c1-22(2)34-21-12-18-17-8-7-15-11-16(29-33)9-10-23(15,3)25(17,27)20(32)13-24(18,4)26(21,35-22)19(14-31)28-30(5)6;1-6-2-4-7(8)5-3-6/h9-11,17-18,20-21,31-33H,7-8,12-14H2,1-6H3;2-5,8H,1H3/b28-19?,29-16-;/t17-,18-,20-,21+,23-,24-,25-,26+;/m0./s1. The SMILES string of the molecule is CN(C)N=C(CO)[C@@]12OC(C)(C)O[C@@H]1C[C@H]1[C@@H]3CCC4=C/C(=N\O)C=C[C@]4(C)[C@@]3(F)[C@@H](O)C[C@@]12C.Cc1ccc(O)cc1. The highest BCUT2D eigenvalue weighted by Crippen LogP contribution is 2.72. The molecule has 4 fully saturated rings. The number of phenols is 1. The average molecular weight is 600 g/mol. The van der Waals surface area contributed by atoms with Gasteiger partial charge in [-0.05, 0) is 83.6 Å². The maximum absolute atomic E-state index is 17.5. The Morgan fingerprint density at radius 3 is 2.37 bits per heavy atom. The van der Waals surface area contributed by atoms with Gasteiger partial charge in [0.05, 0.1) is 24.5 Å². The maximum Gasteiger partial charge on any atom is 0.164 e. The van der Waals surface area contributed by atoms with Crippen molar-refractivity contribution in [3.05, 3.63) is 53.6 Å². The number of nitrogens with zero attached hydrogens (tertiary/aromatic N) is 3. The summed E-state index contributed by atoms with van der Waals surface area (Å²) in [6.45, 7) is 9.25. The number of rotatable bonds is 3. The molecule has 1 saturated heterocycles. The van der Waals surface area contributed by atoms with Gasteiger partial charge in [0.15, 0.2) is 11.5 Å². The number of fused-ring (bicyclic) bond motifs is 7. The first kappa shape index (κ1) is 31.6. The number of hydrogen-bond acceptors (Lipinski definition) is 9. The molecule has 9 nitrogen and oxygen atoms in total. The number of alkyl halides is 1. The van der Waals surface area contributed by atoms with Gasteiger partial charge >= 0.3 is 0 Å². The highest BCUT2D eigenvalue weighted by atomic mass is 19.1. The Morgan fingerprint density at radius 2 is 1.79 bits per heavy atom. The van der Waals surface area contributed by atoms with E-state index >= 15 is 4.39 Å². The van der Waals surface area contributed by atoms with Gasteiger partial charge in [0.25, 0.3) is 0 Å². The van der Waals surface area contributed by atoms with E-state index in [2.05, 4.69) is 10.3 Å². The van der Waals surface area contributed by atoms with Crippen LogP contribution >= 0.6 is 0 Å². The summed E-state index contributed by atoms with van der Waals surface area (Å²) >= 11 is 0. The molecule has 1 aromatic rings. The Balaban J connectivity index is 0.000000400. The summed E-state index contributed by atoms with van der Waals surface area (Å²) in [6.07, 6.45) is 5.31. The third kappa shape index (κ3) is 4.64. The monoisotopic (exact) mass is 599 g/mol. The molecule has 43 heavy (non-hydrogen) atoms. The van der Waals surface area contributed by atoms with E-state index in [1.54, 1.807) is 49.5 Å². The zero-order valence-electron chi connectivity index (χ0n) is 26.2. The molecule has 0 bridgehead atoms.